The number of hydrogen-bond acceptors (Lipinski definition) is 2. The number of carbonyl (C=O) groups is 1. The predicted molar refractivity (Wildman–Crippen MR) is 70.8 cm³/mol. The molecule has 0 radical (unpaired) electrons. The quantitative estimate of drug-likeness (QED) is 0.913. The second kappa shape index (κ2) is 5.33. The number of aryl methyl sites for hydroxylation is 1. The Bertz CT molecular complexity index is 442. The van der Waals surface area contributed by atoms with Gasteiger partial charge >= 0.3 is 0 Å². The molecule has 2 rings (SSSR count). The molecule has 1 aliphatic heterocycles. The molecule has 1 N–H and O–H groups in total. The lowest BCUT2D eigenvalue weighted by molar-refractivity contribution is 0.0752. The van der Waals surface area contributed by atoms with Crippen molar-refractivity contribution in [3.8, 4) is 0 Å². The summed E-state index contributed by atoms with van der Waals surface area (Å²) < 4.78 is 1.86. The molecule has 4 nitrogen and oxygen atoms in total. The highest BCUT2D eigenvalue weighted by Gasteiger charge is 2.30. The number of aliphatic hydroxyl groups excluding tert-OH is 1. The molecule has 1 aromatic heterocycles. The zero-order chi connectivity index (χ0) is 13.3. The van der Waals surface area contributed by atoms with Crippen molar-refractivity contribution < 1.29 is 9.90 Å². The van der Waals surface area contributed by atoms with E-state index in [1.165, 1.54) is 0 Å². The van der Waals surface area contributed by atoms with Crippen LogP contribution in [0, 0.1) is 5.92 Å². The van der Waals surface area contributed by atoms with Gasteiger partial charge in [-0.25, -0.2) is 0 Å². The second-order valence-electron chi connectivity index (χ2n) is 4.87. The van der Waals surface area contributed by atoms with Gasteiger partial charge in [0, 0.05) is 31.7 Å². The van der Waals surface area contributed by atoms with E-state index >= 15 is 0 Å². The van der Waals surface area contributed by atoms with Gasteiger partial charge < -0.3 is 14.6 Å². The Labute approximate surface area is 112 Å². The summed E-state index contributed by atoms with van der Waals surface area (Å²) in [6.07, 6.45) is 2.28. The zero-order valence-corrected chi connectivity index (χ0v) is 11.5. The van der Waals surface area contributed by atoms with Crippen molar-refractivity contribution in [2.75, 3.05) is 13.1 Å². The lowest BCUT2D eigenvalue weighted by atomic mass is 10.0. The van der Waals surface area contributed by atoms with Crippen molar-refractivity contribution in [2.45, 2.75) is 32.9 Å². The lowest BCUT2D eigenvalue weighted by Gasteiger charge is -2.18. The maximum atomic E-state index is 12.4. The van der Waals surface area contributed by atoms with E-state index in [0.717, 1.165) is 13.0 Å². The minimum absolute atomic E-state index is 0.00639. The molecule has 2 heterocycles. The Morgan fingerprint density at radius 2 is 2.39 bits per heavy atom. The van der Waals surface area contributed by atoms with Gasteiger partial charge in [0.1, 0.15) is 5.69 Å². The fraction of sp³-hybridized carbons (Fsp3) is 0.615. The monoisotopic (exact) mass is 270 g/mol. The fourth-order valence-electron chi connectivity index (χ4n) is 2.44. The fourth-order valence-corrected chi connectivity index (χ4v) is 2.66. The molecule has 0 spiro atoms. The average Bonchev–Trinajstić information content (AvgIpc) is 2.94. The summed E-state index contributed by atoms with van der Waals surface area (Å²) in [5.74, 6) is 0.196. The Balaban J connectivity index is 2.12. The van der Waals surface area contributed by atoms with Gasteiger partial charge in [-0.15, -0.1) is 0 Å². The summed E-state index contributed by atoms with van der Waals surface area (Å²) in [6.45, 7) is 5.82. The largest absolute Gasteiger partial charge is 0.393 e. The predicted octanol–water partition coefficient (Wildman–Crippen LogP) is 2.00. The van der Waals surface area contributed by atoms with Gasteiger partial charge in [0.05, 0.1) is 11.1 Å². The summed E-state index contributed by atoms with van der Waals surface area (Å²) in [4.78, 5) is 14.2. The lowest BCUT2D eigenvalue weighted by Crippen LogP contribution is -2.31. The number of aromatic nitrogens is 1. The first-order valence-corrected chi connectivity index (χ1v) is 6.73. The third-order valence-corrected chi connectivity index (χ3v) is 3.82. The third kappa shape index (κ3) is 2.54. The van der Waals surface area contributed by atoms with Gasteiger partial charge in [-0.2, -0.15) is 0 Å². The topological polar surface area (TPSA) is 45.5 Å². The molecule has 0 aliphatic carbocycles. The van der Waals surface area contributed by atoms with E-state index in [9.17, 15) is 9.90 Å². The SMILES string of the molecule is CCn1cc(Cl)cc1C(=O)N1CCC(C(C)O)C1. The summed E-state index contributed by atoms with van der Waals surface area (Å²) in [5, 5.41) is 10.2. The maximum absolute atomic E-state index is 12.4. The molecule has 0 aromatic carbocycles. The summed E-state index contributed by atoms with van der Waals surface area (Å²) in [6, 6.07) is 1.71. The van der Waals surface area contributed by atoms with Crippen LogP contribution >= 0.6 is 11.6 Å². The van der Waals surface area contributed by atoms with Crippen LogP contribution in [0.3, 0.4) is 0 Å². The molecule has 0 saturated carbocycles. The number of likely N-dealkylation sites (tertiary alicyclic amines) is 1. The molecule has 0 bridgehead atoms. The Morgan fingerprint density at radius 1 is 1.67 bits per heavy atom. The van der Waals surface area contributed by atoms with Crippen LogP contribution in [0.15, 0.2) is 12.3 Å². The Kier molecular flexibility index (Phi) is 3.97. The van der Waals surface area contributed by atoms with Gasteiger partial charge in [0.15, 0.2) is 0 Å². The summed E-state index contributed by atoms with van der Waals surface area (Å²) >= 11 is 5.94. The molecule has 1 amide bonds. The van der Waals surface area contributed by atoms with E-state index in [1.54, 1.807) is 24.1 Å². The molecule has 1 fully saturated rings. The van der Waals surface area contributed by atoms with E-state index in [4.69, 9.17) is 11.6 Å². The number of aliphatic hydroxyl groups is 1. The van der Waals surface area contributed by atoms with Crippen molar-refractivity contribution >= 4 is 17.5 Å². The molecular weight excluding hydrogens is 252 g/mol. The van der Waals surface area contributed by atoms with Gasteiger partial charge in [-0.3, -0.25) is 4.79 Å². The van der Waals surface area contributed by atoms with E-state index in [2.05, 4.69) is 0 Å². The van der Waals surface area contributed by atoms with Crippen molar-refractivity contribution in [3.63, 3.8) is 0 Å². The number of hydrogen-bond donors (Lipinski definition) is 1. The van der Waals surface area contributed by atoms with Crippen molar-refractivity contribution in [3.05, 3.63) is 23.0 Å². The first-order chi connectivity index (χ1) is 8.52. The number of carbonyl (C=O) groups excluding carboxylic acids is 1. The molecule has 18 heavy (non-hydrogen) atoms. The maximum Gasteiger partial charge on any atom is 0.270 e. The molecule has 1 saturated heterocycles. The second-order valence-corrected chi connectivity index (χ2v) is 5.31. The number of halogens is 1. The molecule has 1 aromatic rings. The zero-order valence-electron chi connectivity index (χ0n) is 10.8. The van der Waals surface area contributed by atoms with Crippen LogP contribution in [0.25, 0.3) is 0 Å². The van der Waals surface area contributed by atoms with Crippen molar-refractivity contribution in [1.29, 1.82) is 0 Å². The van der Waals surface area contributed by atoms with Crippen LogP contribution in [-0.4, -0.2) is 39.7 Å². The van der Waals surface area contributed by atoms with E-state index in [0.29, 0.717) is 23.8 Å². The molecule has 100 valence electrons. The van der Waals surface area contributed by atoms with Crippen LogP contribution in [0.2, 0.25) is 5.02 Å². The normalized spacial score (nSPS) is 21.3. The van der Waals surface area contributed by atoms with Gasteiger partial charge in [0.25, 0.3) is 5.91 Å². The smallest absolute Gasteiger partial charge is 0.270 e. The van der Waals surface area contributed by atoms with Gasteiger partial charge in [-0.05, 0) is 26.3 Å². The number of amides is 1. The minimum Gasteiger partial charge on any atom is -0.393 e. The highest BCUT2D eigenvalue weighted by molar-refractivity contribution is 6.31. The summed E-state index contributed by atoms with van der Waals surface area (Å²) in [5.41, 5.74) is 0.633. The van der Waals surface area contributed by atoms with Gasteiger partial charge in [0.2, 0.25) is 0 Å². The Morgan fingerprint density at radius 3 is 2.94 bits per heavy atom. The van der Waals surface area contributed by atoms with E-state index in [-0.39, 0.29) is 17.9 Å². The first kappa shape index (κ1) is 13.4. The van der Waals surface area contributed by atoms with E-state index < -0.39 is 0 Å². The molecular formula is C13H19ClN2O2. The highest BCUT2D eigenvalue weighted by Crippen LogP contribution is 2.23. The highest BCUT2D eigenvalue weighted by atomic mass is 35.5. The molecule has 1 aliphatic rings. The average molecular weight is 271 g/mol. The first-order valence-electron chi connectivity index (χ1n) is 6.36. The third-order valence-electron chi connectivity index (χ3n) is 3.62. The van der Waals surface area contributed by atoms with Crippen LogP contribution in [0.4, 0.5) is 0 Å². The van der Waals surface area contributed by atoms with E-state index in [1.807, 2.05) is 11.5 Å². The molecule has 2 atom stereocenters. The minimum atomic E-state index is -0.357. The van der Waals surface area contributed by atoms with Gasteiger partial charge in [-0.1, -0.05) is 11.6 Å². The standard InChI is InChI=1S/C13H19ClN2O2/c1-3-15-8-11(14)6-12(15)13(18)16-5-4-10(7-16)9(2)17/h6,8-10,17H,3-5,7H2,1-2H3. The van der Waals surface area contributed by atoms with Crippen LogP contribution < -0.4 is 0 Å². The van der Waals surface area contributed by atoms with Crippen LogP contribution in [0.5, 0.6) is 0 Å². The van der Waals surface area contributed by atoms with Crippen molar-refractivity contribution in [1.82, 2.24) is 9.47 Å². The number of nitrogens with zero attached hydrogens (tertiary/aromatic N) is 2. The number of rotatable bonds is 3. The molecule has 5 heteroatoms. The Hall–Kier alpha value is -1.00. The van der Waals surface area contributed by atoms with Crippen LogP contribution in [0.1, 0.15) is 30.8 Å². The molecule has 2 unspecified atom stereocenters. The van der Waals surface area contributed by atoms with Crippen LogP contribution in [-0.2, 0) is 6.54 Å². The van der Waals surface area contributed by atoms with Crippen molar-refractivity contribution in [2.24, 2.45) is 5.92 Å². The summed E-state index contributed by atoms with van der Waals surface area (Å²) in [7, 11) is 0.